The van der Waals surface area contributed by atoms with E-state index in [4.69, 9.17) is 0 Å². The first-order chi connectivity index (χ1) is 9.13. The topological polar surface area (TPSA) is 64.0 Å². The van der Waals surface area contributed by atoms with Gasteiger partial charge in [-0.15, -0.1) is 0 Å². The fraction of sp³-hybridized carbons (Fsp3) is 0.357. The van der Waals surface area contributed by atoms with E-state index in [1.165, 1.54) is 4.68 Å². The van der Waals surface area contributed by atoms with Crippen molar-refractivity contribution in [3.05, 3.63) is 40.3 Å². The van der Waals surface area contributed by atoms with Crippen LogP contribution in [0, 0.1) is 6.92 Å². The number of unbranched alkanes of at least 4 members (excludes halogenated alkanes) is 1. The van der Waals surface area contributed by atoms with Crippen LogP contribution in [0.15, 0.2) is 29.2 Å². The standard InChI is InChI=1S/C14H17N3O2/c1-3-4-7-12(18)16-17-13-11(6-5-8-15-13)9-10(2)14(17)19/h5-6,8-9H,3-4,7H2,1-2H3,(H,16,18). The SMILES string of the molecule is CCCCC(=O)Nn1c(=O)c(C)cc2cccnc21. The van der Waals surface area contributed by atoms with Crippen LogP contribution in [0.25, 0.3) is 11.0 Å². The van der Waals surface area contributed by atoms with Crippen molar-refractivity contribution < 1.29 is 4.79 Å². The third-order valence-corrected chi connectivity index (χ3v) is 2.94. The van der Waals surface area contributed by atoms with Gasteiger partial charge in [-0.3, -0.25) is 15.0 Å². The molecule has 100 valence electrons. The van der Waals surface area contributed by atoms with E-state index in [2.05, 4.69) is 10.4 Å². The van der Waals surface area contributed by atoms with Crippen LogP contribution in [0.4, 0.5) is 0 Å². The number of aryl methyl sites for hydroxylation is 1. The molecule has 2 aromatic rings. The third kappa shape index (κ3) is 2.81. The predicted octanol–water partition coefficient (Wildman–Crippen LogP) is 1.97. The molecule has 0 saturated heterocycles. The lowest BCUT2D eigenvalue weighted by atomic mass is 10.2. The number of fused-ring (bicyclic) bond motifs is 1. The van der Waals surface area contributed by atoms with E-state index in [1.54, 1.807) is 25.3 Å². The highest BCUT2D eigenvalue weighted by Crippen LogP contribution is 2.09. The molecule has 0 fully saturated rings. The number of amides is 1. The minimum Gasteiger partial charge on any atom is -0.273 e. The van der Waals surface area contributed by atoms with E-state index in [0.29, 0.717) is 17.6 Å². The molecule has 0 unspecified atom stereocenters. The Kier molecular flexibility index (Phi) is 3.94. The van der Waals surface area contributed by atoms with E-state index in [1.807, 2.05) is 13.0 Å². The second-order valence-corrected chi connectivity index (χ2v) is 4.52. The van der Waals surface area contributed by atoms with Gasteiger partial charge in [0.05, 0.1) is 0 Å². The molecule has 0 aliphatic rings. The molecule has 0 atom stereocenters. The Bertz CT molecular complexity index is 661. The second kappa shape index (κ2) is 5.65. The van der Waals surface area contributed by atoms with Gasteiger partial charge in [0.15, 0.2) is 5.65 Å². The molecule has 0 bridgehead atoms. The number of aromatic nitrogens is 2. The van der Waals surface area contributed by atoms with Crippen LogP contribution in [-0.4, -0.2) is 15.6 Å². The van der Waals surface area contributed by atoms with Gasteiger partial charge in [-0.2, -0.15) is 4.68 Å². The number of nitrogens with one attached hydrogen (secondary N) is 1. The Morgan fingerprint density at radius 3 is 3.00 bits per heavy atom. The zero-order valence-electron chi connectivity index (χ0n) is 11.1. The summed E-state index contributed by atoms with van der Waals surface area (Å²) in [5.74, 6) is -0.165. The lowest BCUT2D eigenvalue weighted by Crippen LogP contribution is -2.34. The molecule has 19 heavy (non-hydrogen) atoms. The summed E-state index contributed by atoms with van der Waals surface area (Å²) in [6.45, 7) is 3.74. The Morgan fingerprint density at radius 2 is 2.26 bits per heavy atom. The summed E-state index contributed by atoms with van der Waals surface area (Å²) in [7, 11) is 0. The number of carbonyl (C=O) groups is 1. The fourth-order valence-corrected chi connectivity index (χ4v) is 1.90. The van der Waals surface area contributed by atoms with Gasteiger partial charge in [-0.25, -0.2) is 4.98 Å². The summed E-state index contributed by atoms with van der Waals surface area (Å²) in [5, 5.41) is 0.829. The van der Waals surface area contributed by atoms with Crippen molar-refractivity contribution in [1.82, 2.24) is 9.66 Å². The molecule has 5 nitrogen and oxygen atoms in total. The van der Waals surface area contributed by atoms with Crippen LogP contribution in [0.2, 0.25) is 0 Å². The summed E-state index contributed by atoms with van der Waals surface area (Å²) in [6.07, 6.45) is 3.75. The molecule has 2 aromatic heterocycles. The van der Waals surface area contributed by atoms with Crippen molar-refractivity contribution in [1.29, 1.82) is 0 Å². The molecule has 2 heterocycles. The minimum atomic E-state index is -0.240. The van der Waals surface area contributed by atoms with E-state index < -0.39 is 0 Å². The van der Waals surface area contributed by atoms with Crippen molar-refractivity contribution in [2.24, 2.45) is 0 Å². The quantitative estimate of drug-likeness (QED) is 0.913. The molecule has 0 radical (unpaired) electrons. The lowest BCUT2D eigenvalue weighted by Gasteiger charge is -2.11. The Hall–Kier alpha value is -2.17. The number of pyridine rings is 2. The van der Waals surface area contributed by atoms with Gasteiger partial charge in [-0.05, 0) is 31.5 Å². The first-order valence-electron chi connectivity index (χ1n) is 6.40. The monoisotopic (exact) mass is 259 g/mol. The number of hydrogen-bond acceptors (Lipinski definition) is 3. The molecule has 0 aromatic carbocycles. The number of carbonyl (C=O) groups excluding carboxylic acids is 1. The highest BCUT2D eigenvalue weighted by atomic mass is 16.2. The van der Waals surface area contributed by atoms with Crippen molar-refractivity contribution in [2.45, 2.75) is 33.1 Å². The summed E-state index contributed by atoms with van der Waals surface area (Å²) in [5.41, 5.74) is 3.45. The summed E-state index contributed by atoms with van der Waals surface area (Å²) in [4.78, 5) is 28.0. The molecule has 0 spiro atoms. The van der Waals surface area contributed by atoms with Crippen LogP contribution in [0.3, 0.4) is 0 Å². The number of hydrogen-bond donors (Lipinski definition) is 1. The zero-order valence-corrected chi connectivity index (χ0v) is 11.1. The third-order valence-electron chi connectivity index (χ3n) is 2.94. The summed E-state index contributed by atoms with van der Waals surface area (Å²) in [6, 6.07) is 5.44. The summed E-state index contributed by atoms with van der Waals surface area (Å²) >= 11 is 0. The largest absolute Gasteiger partial charge is 0.274 e. The van der Waals surface area contributed by atoms with E-state index in [-0.39, 0.29) is 11.5 Å². The van der Waals surface area contributed by atoms with Gasteiger partial charge >= 0.3 is 0 Å². The van der Waals surface area contributed by atoms with Gasteiger partial charge < -0.3 is 0 Å². The molecular formula is C14H17N3O2. The zero-order chi connectivity index (χ0) is 13.8. The van der Waals surface area contributed by atoms with E-state index in [0.717, 1.165) is 18.2 Å². The lowest BCUT2D eigenvalue weighted by molar-refractivity contribution is -0.117. The fourth-order valence-electron chi connectivity index (χ4n) is 1.90. The smallest absolute Gasteiger partial charge is 0.273 e. The first-order valence-corrected chi connectivity index (χ1v) is 6.40. The maximum absolute atomic E-state index is 12.1. The Labute approximate surface area is 111 Å². The van der Waals surface area contributed by atoms with Crippen molar-refractivity contribution in [3.8, 4) is 0 Å². The maximum atomic E-state index is 12.1. The molecular weight excluding hydrogens is 242 g/mol. The second-order valence-electron chi connectivity index (χ2n) is 4.52. The van der Waals surface area contributed by atoms with Gasteiger partial charge in [0.25, 0.3) is 5.56 Å². The van der Waals surface area contributed by atoms with Crippen LogP contribution < -0.4 is 11.0 Å². The molecule has 0 aliphatic carbocycles. The molecule has 0 aliphatic heterocycles. The van der Waals surface area contributed by atoms with Gasteiger partial charge in [0.2, 0.25) is 5.91 Å². The highest BCUT2D eigenvalue weighted by Gasteiger charge is 2.09. The minimum absolute atomic E-state index is 0.165. The van der Waals surface area contributed by atoms with Gasteiger partial charge in [0, 0.05) is 23.6 Å². The average molecular weight is 259 g/mol. The van der Waals surface area contributed by atoms with E-state index in [9.17, 15) is 9.59 Å². The predicted molar refractivity (Wildman–Crippen MR) is 74.6 cm³/mol. The van der Waals surface area contributed by atoms with E-state index >= 15 is 0 Å². The maximum Gasteiger partial charge on any atom is 0.274 e. The van der Waals surface area contributed by atoms with Gasteiger partial charge in [0.1, 0.15) is 0 Å². The van der Waals surface area contributed by atoms with Crippen LogP contribution in [0.1, 0.15) is 31.7 Å². The van der Waals surface area contributed by atoms with Crippen molar-refractivity contribution in [3.63, 3.8) is 0 Å². The van der Waals surface area contributed by atoms with Crippen LogP contribution in [0.5, 0.6) is 0 Å². The Morgan fingerprint density at radius 1 is 1.47 bits per heavy atom. The summed E-state index contributed by atoms with van der Waals surface area (Å²) < 4.78 is 1.24. The van der Waals surface area contributed by atoms with Crippen molar-refractivity contribution in [2.75, 3.05) is 5.43 Å². The molecule has 2 rings (SSSR count). The normalized spacial score (nSPS) is 10.6. The van der Waals surface area contributed by atoms with Crippen LogP contribution >= 0.6 is 0 Å². The molecule has 1 N–H and O–H groups in total. The Balaban J connectivity index is 2.43. The number of rotatable bonds is 4. The first kappa shape index (κ1) is 13.3. The van der Waals surface area contributed by atoms with Gasteiger partial charge in [-0.1, -0.05) is 13.3 Å². The number of nitrogens with zero attached hydrogens (tertiary/aromatic N) is 2. The molecule has 5 heteroatoms. The average Bonchev–Trinajstić information content (AvgIpc) is 2.41. The highest BCUT2D eigenvalue weighted by molar-refractivity contribution is 5.86. The van der Waals surface area contributed by atoms with Crippen molar-refractivity contribution >= 4 is 16.9 Å². The molecule has 0 saturated carbocycles. The molecule has 1 amide bonds. The van der Waals surface area contributed by atoms with Crippen LogP contribution in [-0.2, 0) is 4.79 Å².